The quantitative estimate of drug-likeness (QED) is 0.385. The van der Waals surface area contributed by atoms with Gasteiger partial charge in [0.15, 0.2) is 5.78 Å². The minimum absolute atomic E-state index is 0.198. The number of aliphatic hydroxyl groups is 1. The Hall–Kier alpha value is -3.41. The molecule has 0 aliphatic heterocycles. The second-order valence-corrected chi connectivity index (χ2v) is 5.68. The van der Waals surface area contributed by atoms with Crippen LogP contribution in [0.1, 0.15) is 32.0 Å². The van der Waals surface area contributed by atoms with Gasteiger partial charge in [-0.3, -0.25) is 9.78 Å². The molecular formula is C20H17NO5. The Balaban J connectivity index is 1.89. The van der Waals surface area contributed by atoms with E-state index in [4.69, 9.17) is 4.74 Å². The Kier molecular flexibility index (Phi) is 4.84. The fraction of sp³-hybridized carbons (Fsp3) is 0.150. The molecule has 0 spiro atoms. The Morgan fingerprint density at radius 3 is 2.81 bits per heavy atom. The molecule has 1 aliphatic carbocycles. The van der Waals surface area contributed by atoms with Gasteiger partial charge in [-0.05, 0) is 35.9 Å². The fourth-order valence-electron chi connectivity index (χ4n) is 2.73. The fourth-order valence-corrected chi connectivity index (χ4v) is 2.73. The van der Waals surface area contributed by atoms with Crippen molar-refractivity contribution in [3.63, 3.8) is 0 Å². The lowest BCUT2D eigenvalue weighted by atomic mass is 10.1. The summed E-state index contributed by atoms with van der Waals surface area (Å²) in [6.45, 7) is 3.97. The molecule has 0 fully saturated rings. The van der Waals surface area contributed by atoms with Crippen molar-refractivity contribution in [2.75, 3.05) is 13.7 Å². The molecule has 0 atom stereocenters. The number of allylic oxidation sites excluding steroid dienone is 1. The second kappa shape index (κ2) is 7.23. The number of hydrogen-bond donors (Lipinski definition) is 1. The molecule has 1 aromatic heterocycles. The van der Waals surface area contributed by atoms with E-state index >= 15 is 0 Å². The number of methoxy groups -OCH3 is 1. The molecule has 1 N–H and O–H groups in total. The lowest BCUT2D eigenvalue weighted by molar-refractivity contribution is 0.0600. The molecule has 0 saturated carbocycles. The van der Waals surface area contributed by atoms with Crippen LogP contribution in [0.25, 0.3) is 5.76 Å². The first-order valence-corrected chi connectivity index (χ1v) is 7.93. The largest absolute Gasteiger partial charge is 0.505 e. The van der Waals surface area contributed by atoms with Gasteiger partial charge in [-0.2, -0.15) is 0 Å². The van der Waals surface area contributed by atoms with Gasteiger partial charge in [0.1, 0.15) is 23.8 Å². The number of hydrogen-bond acceptors (Lipinski definition) is 6. The molecule has 6 nitrogen and oxygen atoms in total. The molecule has 2 aromatic rings. The number of carbonyl (C=O) groups is 2. The summed E-state index contributed by atoms with van der Waals surface area (Å²) in [7, 11) is 1.27. The van der Waals surface area contributed by atoms with E-state index < -0.39 is 5.97 Å². The van der Waals surface area contributed by atoms with Crippen LogP contribution in [0.5, 0.6) is 5.75 Å². The lowest BCUT2D eigenvalue weighted by Gasteiger charge is -2.04. The molecule has 1 heterocycles. The highest BCUT2D eigenvalue weighted by atomic mass is 16.5. The summed E-state index contributed by atoms with van der Waals surface area (Å²) in [5.41, 5.74) is 2.06. The van der Waals surface area contributed by atoms with Gasteiger partial charge in [0.05, 0.1) is 12.7 Å². The highest BCUT2D eigenvalue weighted by Crippen LogP contribution is 2.32. The maximum Gasteiger partial charge on any atom is 0.339 e. The monoisotopic (exact) mass is 351 g/mol. The zero-order chi connectivity index (χ0) is 18.7. The summed E-state index contributed by atoms with van der Waals surface area (Å²) in [6, 6.07) is 8.14. The predicted octanol–water partition coefficient (Wildman–Crippen LogP) is 3.14. The van der Waals surface area contributed by atoms with Gasteiger partial charge < -0.3 is 14.6 Å². The zero-order valence-corrected chi connectivity index (χ0v) is 14.2. The summed E-state index contributed by atoms with van der Waals surface area (Å²) in [4.78, 5) is 28.1. The average Bonchev–Trinajstić information content (AvgIpc) is 3.01. The lowest BCUT2D eigenvalue weighted by Crippen LogP contribution is -2.04. The summed E-state index contributed by atoms with van der Waals surface area (Å²) in [5, 5.41) is 10.5. The number of nitrogens with zero attached hydrogens (tertiary/aromatic N) is 1. The van der Waals surface area contributed by atoms with Crippen LogP contribution in [-0.4, -0.2) is 35.6 Å². The van der Waals surface area contributed by atoms with Gasteiger partial charge >= 0.3 is 5.97 Å². The maximum absolute atomic E-state index is 12.6. The maximum atomic E-state index is 12.6. The van der Waals surface area contributed by atoms with Crippen molar-refractivity contribution in [3.05, 3.63) is 77.1 Å². The third-order valence-corrected chi connectivity index (χ3v) is 4.04. The SMILES string of the molecule is C=CCOc1ccc2c(c1)C/C(=C(/O)c1ccc(C(=O)OC)cn1)C2=O. The van der Waals surface area contributed by atoms with Crippen molar-refractivity contribution < 1.29 is 24.2 Å². The summed E-state index contributed by atoms with van der Waals surface area (Å²) < 4.78 is 10.1. The molecular weight excluding hydrogens is 334 g/mol. The van der Waals surface area contributed by atoms with E-state index in [1.165, 1.54) is 25.4 Å². The molecule has 132 valence electrons. The van der Waals surface area contributed by atoms with E-state index in [1.54, 1.807) is 24.3 Å². The van der Waals surface area contributed by atoms with Crippen LogP contribution in [0.4, 0.5) is 0 Å². The molecule has 26 heavy (non-hydrogen) atoms. The minimum Gasteiger partial charge on any atom is -0.505 e. The van der Waals surface area contributed by atoms with Crippen LogP contribution in [0.15, 0.2) is 54.8 Å². The highest BCUT2D eigenvalue weighted by Gasteiger charge is 2.29. The number of benzene rings is 1. The van der Waals surface area contributed by atoms with Gasteiger partial charge in [-0.15, -0.1) is 0 Å². The van der Waals surface area contributed by atoms with Gasteiger partial charge in [0.25, 0.3) is 0 Å². The van der Waals surface area contributed by atoms with Gasteiger partial charge in [-0.1, -0.05) is 12.7 Å². The first kappa shape index (κ1) is 17.4. The van der Waals surface area contributed by atoms with Crippen LogP contribution in [-0.2, 0) is 11.2 Å². The number of pyridine rings is 1. The van der Waals surface area contributed by atoms with Gasteiger partial charge in [-0.25, -0.2) is 4.79 Å². The Bertz CT molecular complexity index is 912. The molecule has 3 rings (SSSR count). The van der Waals surface area contributed by atoms with Crippen molar-refractivity contribution in [1.82, 2.24) is 4.98 Å². The number of aromatic nitrogens is 1. The molecule has 1 aromatic carbocycles. The number of ether oxygens (including phenoxy) is 2. The van der Waals surface area contributed by atoms with Crippen LogP contribution in [0.2, 0.25) is 0 Å². The topological polar surface area (TPSA) is 85.7 Å². The molecule has 0 saturated heterocycles. The van der Waals surface area contributed by atoms with E-state index in [9.17, 15) is 14.7 Å². The third kappa shape index (κ3) is 3.21. The van der Waals surface area contributed by atoms with Crippen molar-refractivity contribution >= 4 is 17.5 Å². The standard InChI is InChI=1S/C20H17NO5/c1-3-8-26-14-5-6-15-13(9-14)10-16(18(15)22)19(23)17-7-4-12(11-21-17)20(24)25-2/h3-7,9,11,23H,1,8,10H2,2H3/b19-16-. The first-order valence-electron chi connectivity index (χ1n) is 7.93. The minimum atomic E-state index is -0.521. The molecule has 1 aliphatic rings. The van der Waals surface area contributed by atoms with Gasteiger partial charge in [0, 0.05) is 23.8 Å². The number of esters is 1. The van der Waals surface area contributed by atoms with E-state index in [-0.39, 0.29) is 34.8 Å². The normalized spacial score (nSPS) is 14.6. The van der Waals surface area contributed by atoms with E-state index in [0.29, 0.717) is 17.9 Å². The Morgan fingerprint density at radius 1 is 1.35 bits per heavy atom. The number of ketones is 1. The van der Waals surface area contributed by atoms with Crippen molar-refractivity contribution in [3.8, 4) is 5.75 Å². The zero-order valence-electron chi connectivity index (χ0n) is 14.2. The number of fused-ring (bicyclic) bond motifs is 1. The van der Waals surface area contributed by atoms with Crippen LogP contribution in [0.3, 0.4) is 0 Å². The molecule has 0 radical (unpaired) electrons. The van der Waals surface area contributed by atoms with Crippen LogP contribution in [0, 0.1) is 0 Å². The number of Topliss-reactive ketones (excluding diaryl/α,β-unsaturated/α-hetero) is 1. The van der Waals surface area contributed by atoms with E-state index in [1.807, 2.05) is 0 Å². The van der Waals surface area contributed by atoms with Gasteiger partial charge in [0.2, 0.25) is 0 Å². The summed E-state index contributed by atoms with van der Waals surface area (Å²) in [5.74, 6) is -0.326. The highest BCUT2D eigenvalue weighted by molar-refractivity contribution is 6.16. The molecule has 6 heteroatoms. The van der Waals surface area contributed by atoms with Crippen LogP contribution >= 0.6 is 0 Å². The number of aliphatic hydroxyl groups excluding tert-OH is 1. The van der Waals surface area contributed by atoms with Crippen molar-refractivity contribution in [1.29, 1.82) is 0 Å². The second-order valence-electron chi connectivity index (χ2n) is 5.68. The van der Waals surface area contributed by atoms with Crippen molar-refractivity contribution in [2.45, 2.75) is 6.42 Å². The molecule has 0 bridgehead atoms. The average molecular weight is 351 g/mol. The van der Waals surface area contributed by atoms with E-state index in [0.717, 1.165) is 5.56 Å². The number of carbonyl (C=O) groups excluding carboxylic acids is 2. The Morgan fingerprint density at radius 2 is 2.15 bits per heavy atom. The molecule has 0 unspecified atom stereocenters. The smallest absolute Gasteiger partial charge is 0.339 e. The van der Waals surface area contributed by atoms with Crippen molar-refractivity contribution in [2.24, 2.45) is 0 Å². The third-order valence-electron chi connectivity index (χ3n) is 4.04. The predicted molar refractivity (Wildman–Crippen MR) is 95.3 cm³/mol. The van der Waals surface area contributed by atoms with Crippen LogP contribution < -0.4 is 4.74 Å². The van der Waals surface area contributed by atoms with E-state index in [2.05, 4.69) is 16.3 Å². The number of rotatable bonds is 5. The first-order chi connectivity index (χ1) is 12.5. The summed E-state index contributed by atoms with van der Waals surface area (Å²) >= 11 is 0. The Labute approximate surface area is 150 Å². The molecule has 0 amide bonds. The summed E-state index contributed by atoms with van der Waals surface area (Å²) in [6.07, 6.45) is 3.22.